The van der Waals surface area contributed by atoms with Crippen molar-refractivity contribution in [2.45, 2.75) is 37.9 Å². The highest BCUT2D eigenvalue weighted by Crippen LogP contribution is 2.26. The van der Waals surface area contributed by atoms with E-state index in [-0.39, 0.29) is 10.6 Å². The summed E-state index contributed by atoms with van der Waals surface area (Å²) in [4.78, 5) is 4.60. The van der Waals surface area contributed by atoms with Crippen LogP contribution in [0.1, 0.15) is 30.6 Å². The number of benzene rings is 1. The van der Waals surface area contributed by atoms with E-state index in [0.29, 0.717) is 6.54 Å². The number of nitrogens with zero attached hydrogens (tertiary/aromatic N) is 2. The molecule has 1 aromatic heterocycles. The van der Waals surface area contributed by atoms with Gasteiger partial charge in [-0.25, -0.2) is 4.98 Å². The van der Waals surface area contributed by atoms with Crippen LogP contribution in [0.15, 0.2) is 18.2 Å². The highest BCUT2D eigenvalue weighted by molar-refractivity contribution is 7.84. The van der Waals surface area contributed by atoms with Gasteiger partial charge in [0.05, 0.1) is 16.4 Å². The number of aromatic nitrogens is 2. The van der Waals surface area contributed by atoms with Crippen LogP contribution in [-0.2, 0) is 17.3 Å². The Bertz CT molecular complexity index is 621. The third-order valence-electron chi connectivity index (χ3n) is 3.30. The first-order chi connectivity index (χ1) is 8.90. The molecule has 2 rings (SSSR count). The predicted molar refractivity (Wildman–Crippen MR) is 82.3 cm³/mol. The van der Waals surface area contributed by atoms with Gasteiger partial charge in [-0.3, -0.25) is 4.21 Å². The molecular formula is C14H19ClN2OS. The molecule has 0 aliphatic rings. The number of imidazole rings is 1. The minimum atomic E-state index is -0.856. The second-order valence-corrected chi connectivity index (χ2v) is 7.45. The number of halogens is 1. The number of fused-ring (bicyclic) bond motifs is 1. The van der Waals surface area contributed by atoms with E-state index >= 15 is 0 Å². The molecule has 3 nitrogen and oxygen atoms in total. The molecule has 0 radical (unpaired) electrons. The molecular weight excluding hydrogens is 280 g/mol. The zero-order valence-electron chi connectivity index (χ0n) is 11.7. The van der Waals surface area contributed by atoms with E-state index in [9.17, 15) is 4.21 Å². The minimum absolute atomic E-state index is 0.0760. The minimum Gasteiger partial charge on any atom is -0.326 e. The summed E-state index contributed by atoms with van der Waals surface area (Å²) >= 11 is 6.22. The summed E-state index contributed by atoms with van der Waals surface area (Å²) in [6.45, 7) is 6.64. The predicted octanol–water partition coefficient (Wildman–Crippen LogP) is 3.41. The first kappa shape index (κ1) is 14.5. The van der Waals surface area contributed by atoms with Gasteiger partial charge in [-0.1, -0.05) is 6.07 Å². The Hall–Kier alpha value is -0.870. The fourth-order valence-corrected chi connectivity index (χ4v) is 2.63. The molecule has 0 N–H and O–H groups in total. The Balaban J connectivity index is 2.57. The van der Waals surface area contributed by atoms with E-state index in [1.807, 2.05) is 26.0 Å². The van der Waals surface area contributed by atoms with Gasteiger partial charge in [-0.05, 0) is 38.5 Å². The van der Waals surface area contributed by atoms with E-state index in [1.54, 1.807) is 6.26 Å². The zero-order chi connectivity index (χ0) is 14.2. The van der Waals surface area contributed by atoms with E-state index in [4.69, 9.17) is 11.6 Å². The molecule has 2 aromatic rings. The molecule has 0 saturated carbocycles. The number of aryl methyl sites for hydroxylation is 1. The maximum Gasteiger partial charge on any atom is 0.127 e. The third-order valence-corrected chi connectivity index (χ3v) is 4.77. The molecule has 104 valence electrons. The van der Waals surface area contributed by atoms with Gasteiger partial charge in [-0.2, -0.15) is 0 Å². The quantitative estimate of drug-likeness (QED) is 0.811. The van der Waals surface area contributed by atoms with Crippen LogP contribution in [0.25, 0.3) is 11.0 Å². The van der Waals surface area contributed by atoms with Crippen molar-refractivity contribution < 1.29 is 4.21 Å². The highest BCUT2D eigenvalue weighted by atomic mass is 35.5. The standard InChI is InChI=1S/C14H19ClN2OS/c1-9-5-6-12-13(7-9)17(8-10(2)19(4)18)14(16-12)11(3)15/h5-7,10-11H,8H2,1-4H3. The maximum atomic E-state index is 11.6. The van der Waals surface area contributed by atoms with Crippen molar-refractivity contribution in [2.75, 3.05) is 6.26 Å². The van der Waals surface area contributed by atoms with Gasteiger partial charge in [0.15, 0.2) is 0 Å². The normalized spacial score (nSPS) is 16.5. The summed E-state index contributed by atoms with van der Waals surface area (Å²) in [5, 5.41) is -0.0859. The fraction of sp³-hybridized carbons (Fsp3) is 0.500. The lowest BCUT2D eigenvalue weighted by Gasteiger charge is -2.14. The van der Waals surface area contributed by atoms with Gasteiger partial charge in [0.1, 0.15) is 5.82 Å². The SMILES string of the molecule is Cc1ccc2nc(C(C)Cl)n(CC(C)S(C)=O)c2c1. The van der Waals surface area contributed by atoms with Crippen molar-refractivity contribution in [3.8, 4) is 0 Å². The lowest BCUT2D eigenvalue weighted by atomic mass is 10.2. The molecule has 0 aliphatic heterocycles. The maximum absolute atomic E-state index is 11.6. The van der Waals surface area contributed by atoms with Crippen molar-refractivity contribution in [2.24, 2.45) is 0 Å². The summed E-state index contributed by atoms with van der Waals surface area (Å²) in [5.41, 5.74) is 3.20. The Morgan fingerprint density at radius 1 is 1.42 bits per heavy atom. The van der Waals surface area contributed by atoms with E-state index in [0.717, 1.165) is 16.9 Å². The van der Waals surface area contributed by atoms with Crippen molar-refractivity contribution in [1.82, 2.24) is 9.55 Å². The monoisotopic (exact) mass is 298 g/mol. The van der Waals surface area contributed by atoms with E-state index in [1.165, 1.54) is 5.56 Å². The molecule has 3 atom stereocenters. The van der Waals surface area contributed by atoms with E-state index in [2.05, 4.69) is 22.5 Å². The molecule has 0 bridgehead atoms. The van der Waals surface area contributed by atoms with Crippen LogP contribution in [0.3, 0.4) is 0 Å². The second-order valence-electron chi connectivity index (χ2n) is 5.00. The summed E-state index contributed by atoms with van der Waals surface area (Å²) in [6.07, 6.45) is 1.73. The van der Waals surface area contributed by atoms with Crippen LogP contribution in [0.5, 0.6) is 0 Å². The van der Waals surface area contributed by atoms with Gasteiger partial charge < -0.3 is 4.57 Å². The number of hydrogen-bond acceptors (Lipinski definition) is 2. The number of alkyl halides is 1. The summed E-state index contributed by atoms with van der Waals surface area (Å²) < 4.78 is 13.7. The van der Waals surface area contributed by atoms with Gasteiger partial charge in [0, 0.05) is 28.9 Å². The Labute approximate surface area is 121 Å². The number of rotatable bonds is 4. The van der Waals surface area contributed by atoms with E-state index < -0.39 is 10.8 Å². The van der Waals surface area contributed by atoms with Crippen molar-refractivity contribution in [3.63, 3.8) is 0 Å². The summed E-state index contributed by atoms with van der Waals surface area (Å²) in [7, 11) is -0.856. The van der Waals surface area contributed by atoms with Crippen molar-refractivity contribution >= 4 is 33.4 Å². The molecule has 0 saturated heterocycles. The molecule has 0 spiro atoms. The highest BCUT2D eigenvalue weighted by Gasteiger charge is 2.18. The van der Waals surface area contributed by atoms with Gasteiger partial charge in [0.2, 0.25) is 0 Å². The zero-order valence-corrected chi connectivity index (χ0v) is 13.3. The van der Waals surface area contributed by atoms with Gasteiger partial charge >= 0.3 is 0 Å². The molecule has 0 fully saturated rings. The van der Waals surface area contributed by atoms with Gasteiger partial charge in [-0.15, -0.1) is 11.6 Å². The van der Waals surface area contributed by atoms with Crippen molar-refractivity contribution in [1.29, 1.82) is 0 Å². The fourth-order valence-electron chi connectivity index (χ4n) is 2.11. The Kier molecular flexibility index (Phi) is 4.31. The smallest absolute Gasteiger partial charge is 0.127 e. The topological polar surface area (TPSA) is 34.9 Å². The molecule has 0 amide bonds. The van der Waals surface area contributed by atoms with Crippen LogP contribution in [-0.4, -0.2) is 25.3 Å². The lowest BCUT2D eigenvalue weighted by molar-refractivity contribution is 0.632. The average molecular weight is 299 g/mol. The molecule has 19 heavy (non-hydrogen) atoms. The number of hydrogen-bond donors (Lipinski definition) is 0. The van der Waals surface area contributed by atoms with Crippen LogP contribution in [0.4, 0.5) is 0 Å². The third kappa shape index (κ3) is 3.00. The Morgan fingerprint density at radius 2 is 2.11 bits per heavy atom. The van der Waals surface area contributed by atoms with Crippen LogP contribution < -0.4 is 0 Å². The molecule has 1 heterocycles. The van der Waals surface area contributed by atoms with Crippen LogP contribution in [0, 0.1) is 6.92 Å². The van der Waals surface area contributed by atoms with Gasteiger partial charge in [0.25, 0.3) is 0 Å². The summed E-state index contributed by atoms with van der Waals surface area (Å²) in [5.74, 6) is 0.847. The first-order valence-electron chi connectivity index (χ1n) is 6.33. The molecule has 5 heteroatoms. The molecule has 3 unspecified atom stereocenters. The summed E-state index contributed by atoms with van der Waals surface area (Å²) in [6, 6.07) is 6.16. The van der Waals surface area contributed by atoms with Crippen molar-refractivity contribution in [3.05, 3.63) is 29.6 Å². The molecule has 0 aliphatic carbocycles. The van der Waals surface area contributed by atoms with Crippen LogP contribution in [0.2, 0.25) is 0 Å². The second kappa shape index (κ2) is 5.63. The Morgan fingerprint density at radius 3 is 2.68 bits per heavy atom. The largest absolute Gasteiger partial charge is 0.326 e. The van der Waals surface area contributed by atoms with Crippen LogP contribution >= 0.6 is 11.6 Å². The first-order valence-corrected chi connectivity index (χ1v) is 8.39. The lowest BCUT2D eigenvalue weighted by Crippen LogP contribution is -2.19. The molecule has 1 aromatic carbocycles. The average Bonchev–Trinajstić information content (AvgIpc) is 2.67.